The fraction of sp³-hybridized carbons (Fsp3) is 0.421. The maximum Gasteiger partial charge on any atom is 0.416 e. The molecule has 0 bridgehead atoms. The molecule has 2 unspecified atom stereocenters. The Morgan fingerprint density at radius 2 is 1.77 bits per heavy atom. The number of fused-ring (bicyclic) bond motifs is 3. The topological polar surface area (TPSA) is 204 Å². The molecule has 57 heavy (non-hydrogen) atoms. The molecule has 0 radical (unpaired) electrons. The highest BCUT2D eigenvalue weighted by atomic mass is 32.2. The summed E-state index contributed by atoms with van der Waals surface area (Å²) in [6, 6.07) is 8.71. The number of furan rings is 1. The van der Waals surface area contributed by atoms with Crippen molar-refractivity contribution in [2.75, 3.05) is 6.54 Å². The third-order valence-corrected chi connectivity index (χ3v) is 12.7. The molecule has 3 fully saturated rings. The summed E-state index contributed by atoms with van der Waals surface area (Å²) < 4.78 is 80.6. The van der Waals surface area contributed by atoms with Gasteiger partial charge in [-0.25, -0.2) is 13.4 Å². The number of nitrogens with one attached hydrogen (secondary N) is 1. The highest BCUT2D eigenvalue weighted by Crippen LogP contribution is 2.53. The predicted octanol–water partition coefficient (Wildman–Crippen LogP) is 4.41. The second-order valence-electron chi connectivity index (χ2n) is 15.7. The van der Waals surface area contributed by atoms with Crippen LogP contribution in [-0.2, 0) is 30.6 Å². The minimum Gasteiger partial charge on any atom is -0.470 e. The number of benzene rings is 2. The van der Waals surface area contributed by atoms with E-state index < -0.39 is 79.8 Å². The molecule has 3 amide bonds. The molecule has 2 aromatic carbocycles. The van der Waals surface area contributed by atoms with Crippen molar-refractivity contribution >= 4 is 67.1 Å². The standard InChI is InChI=1S/C38H40F3N7O7S2/c1-5-20-17-37(20,34(51)46-57(52,53)23-14-15-23)48(35(43)56)29(36(2,3)4)33(50)47-18-22(16-25(47)30(42)49)54-32-28-27(24-8-6-7-9-26(24)55-28)44-31(45-32)19-10-12-21(13-11-19)38(39,40)41/h5-13,20,22-23,25,29H,1,14-18H2,2-4H3,(H2,42,49)(H2,43,56)(H,46,51)/t20-,22?,25?,29-,37+/m1/s1. The van der Waals surface area contributed by atoms with Gasteiger partial charge in [-0.1, -0.05) is 51.1 Å². The lowest BCUT2D eigenvalue weighted by atomic mass is 9.83. The highest BCUT2D eigenvalue weighted by molar-refractivity contribution is 7.91. The van der Waals surface area contributed by atoms with Crippen LogP contribution in [0.3, 0.4) is 0 Å². The van der Waals surface area contributed by atoms with E-state index in [1.807, 2.05) is 0 Å². The molecule has 2 aliphatic carbocycles. The van der Waals surface area contributed by atoms with Gasteiger partial charge in [0.15, 0.2) is 10.9 Å². The quantitative estimate of drug-likeness (QED) is 0.142. The van der Waals surface area contributed by atoms with Crippen molar-refractivity contribution in [1.82, 2.24) is 24.5 Å². The number of rotatable bonds is 11. The number of ether oxygens (including phenoxy) is 1. The molecule has 14 nitrogen and oxygen atoms in total. The zero-order chi connectivity index (χ0) is 41.4. The van der Waals surface area contributed by atoms with Gasteiger partial charge in [0.05, 0.1) is 17.4 Å². The molecule has 5 N–H and O–H groups in total. The largest absolute Gasteiger partial charge is 0.470 e. The van der Waals surface area contributed by atoms with E-state index in [2.05, 4.69) is 21.3 Å². The summed E-state index contributed by atoms with van der Waals surface area (Å²) in [5, 5.41) is -0.478. The first kappa shape index (κ1) is 39.9. The molecular weight excluding hydrogens is 788 g/mol. The van der Waals surface area contributed by atoms with E-state index >= 15 is 0 Å². The summed E-state index contributed by atoms with van der Waals surface area (Å²) in [4.78, 5) is 53.6. The van der Waals surface area contributed by atoms with E-state index in [1.165, 1.54) is 28.0 Å². The summed E-state index contributed by atoms with van der Waals surface area (Å²) in [6.45, 7) is 8.73. The van der Waals surface area contributed by atoms with Crippen LogP contribution in [0.5, 0.6) is 5.88 Å². The zero-order valence-corrected chi connectivity index (χ0v) is 32.7. The van der Waals surface area contributed by atoms with Gasteiger partial charge in [-0.15, -0.1) is 6.58 Å². The first-order valence-electron chi connectivity index (χ1n) is 18.1. The number of hydrogen-bond acceptors (Lipinski definition) is 10. The number of likely N-dealkylation sites (tertiary alicyclic amines) is 1. The molecule has 2 saturated carbocycles. The number of alkyl halides is 3. The van der Waals surface area contributed by atoms with Crippen LogP contribution in [0, 0.1) is 11.3 Å². The van der Waals surface area contributed by atoms with E-state index in [0.717, 1.165) is 12.1 Å². The number of aromatic nitrogens is 2. The summed E-state index contributed by atoms with van der Waals surface area (Å²) in [6.07, 6.45) is -3.25. The van der Waals surface area contributed by atoms with Gasteiger partial charge in [-0.05, 0) is 61.2 Å². The molecule has 1 saturated heterocycles. The molecule has 7 rings (SSSR count). The Hall–Kier alpha value is -5.30. The van der Waals surface area contributed by atoms with Crippen molar-refractivity contribution in [2.45, 2.75) is 81.6 Å². The lowest BCUT2D eigenvalue weighted by molar-refractivity contribution is -0.146. The Labute approximate surface area is 330 Å². The van der Waals surface area contributed by atoms with Crippen molar-refractivity contribution < 1.29 is 45.1 Å². The molecule has 4 aromatic rings. The van der Waals surface area contributed by atoms with Crippen molar-refractivity contribution in [2.24, 2.45) is 22.8 Å². The number of halogens is 3. The normalized spacial score (nSPS) is 22.9. The SMILES string of the molecule is C=C[C@@H]1C[C@]1(C(=O)NS(=O)(=O)C1CC1)N(C(N)=S)[C@H](C(=O)N1CC(Oc2nc(-c3ccc(C(F)(F)F)cc3)nc3c2oc2ccccc23)CC1C(N)=O)C(C)(C)C. The van der Waals surface area contributed by atoms with E-state index in [1.54, 1.807) is 45.0 Å². The number of para-hydroxylation sites is 1. The Bertz CT molecular complexity index is 2430. The number of primary amides is 1. The average Bonchev–Trinajstić information content (AvgIpc) is 4.04. The third kappa shape index (κ3) is 7.26. The number of hydrogen-bond donors (Lipinski definition) is 3. The van der Waals surface area contributed by atoms with Gasteiger partial charge in [0.25, 0.3) is 11.8 Å². The molecule has 5 atom stereocenters. The zero-order valence-electron chi connectivity index (χ0n) is 31.1. The van der Waals surface area contributed by atoms with E-state index in [-0.39, 0.29) is 47.3 Å². The summed E-state index contributed by atoms with van der Waals surface area (Å²) in [5.74, 6) is -3.13. The Balaban J connectivity index is 1.24. The number of nitrogens with two attached hydrogens (primary N) is 2. The average molecular weight is 828 g/mol. The van der Waals surface area contributed by atoms with Gasteiger partial charge in [-0.3, -0.25) is 19.1 Å². The summed E-state index contributed by atoms with van der Waals surface area (Å²) in [7, 11) is -4.01. The number of thiocarbonyl (C=S) groups is 1. The molecule has 3 aliphatic rings. The van der Waals surface area contributed by atoms with Gasteiger partial charge >= 0.3 is 6.18 Å². The lowest BCUT2D eigenvalue weighted by Crippen LogP contribution is -2.66. The predicted molar refractivity (Wildman–Crippen MR) is 206 cm³/mol. The van der Waals surface area contributed by atoms with Crippen LogP contribution in [0.1, 0.15) is 52.0 Å². The Morgan fingerprint density at radius 3 is 2.33 bits per heavy atom. The van der Waals surface area contributed by atoms with Crippen molar-refractivity contribution in [3.05, 3.63) is 66.7 Å². The summed E-state index contributed by atoms with van der Waals surface area (Å²) >= 11 is 5.48. The number of nitrogens with zero attached hydrogens (tertiary/aromatic N) is 4. The second kappa shape index (κ2) is 14.0. The van der Waals surface area contributed by atoms with Crippen molar-refractivity contribution in [3.63, 3.8) is 0 Å². The number of sulfonamides is 1. The molecule has 19 heteroatoms. The molecule has 3 heterocycles. The van der Waals surface area contributed by atoms with Gasteiger partial charge in [0.1, 0.15) is 34.8 Å². The van der Waals surface area contributed by atoms with Crippen LogP contribution in [-0.4, -0.2) is 86.5 Å². The van der Waals surface area contributed by atoms with Crippen LogP contribution in [0.15, 0.2) is 65.6 Å². The molecule has 0 spiro atoms. The molecule has 1 aliphatic heterocycles. The fourth-order valence-electron chi connectivity index (χ4n) is 7.60. The van der Waals surface area contributed by atoms with Crippen LogP contribution >= 0.6 is 12.2 Å². The molecule has 302 valence electrons. The van der Waals surface area contributed by atoms with Crippen LogP contribution in [0.25, 0.3) is 33.5 Å². The van der Waals surface area contributed by atoms with Gasteiger partial charge < -0.3 is 30.4 Å². The van der Waals surface area contributed by atoms with Crippen molar-refractivity contribution in [3.8, 4) is 17.3 Å². The fourth-order valence-corrected chi connectivity index (χ4v) is 9.22. The van der Waals surface area contributed by atoms with Gasteiger partial charge in [0, 0.05) is 23.3 Å². The lowest BCUT2D eigenvalue weighted by Gasteiger charge is -2.45. The summed E-state index contributed by atoms with van der Waals surface area (Å²) in [5.41, 5.74) is 9.76. The van der Waals surface area contributed by atoms with Crippen molar-refractivity contribution in [1.29, 1.82) is 0 Å². The maximum absolute atomic E-state index is 14.9. The molecule has 2 aromatic heterocycles. The van der Waals surface area contributed by atoms with Crippen LogP contribution in [0.4, 0.5) is 13.2 Å². The third-order valence-electron chi connectivity index (χ3n) is 10.7. The maximum atomic E-state index is 14.9. The monoisotopic (exact) mass is 827 g/mol. The van der Waals surface area contributed by atoms with Crippen LogP contribution in [0.2, 0.25) is 0 Å². The van der Waals surface area contributed by atoms with E-state index in [0.29, 0.717) is 29.3 Å². The Kier molecular flexibility index (Phi) is 9.78. The highest BCUT2D eigenvalue weighted by Gasteiger charge is 2.67. The van der Waals surface area contributed by atoms with Crippen LogP contribution < -0.4 is 20.9 Å². The first-order valence-corrected chi connectivity index (χ1v) is 20.0. The second-order valence-corrected chi connectivity index (χ2v) is 18.1. The molecular formula is C38H40F3N7O7S2. The first-order chi connectivity index (χ1) is 26.7. The van der Waals surface area contributed by atoms with E-state index in [4.69, 9.17) is 32.8 Å². The Morgan fingerprint density at radius 1 is 1.11 bits per heavy atom. The number of amides is 3. The minimum atomic E-state index is -4.56. The number of carbonyl (C=O) groups excluding carboxylic acids is 3. The number of carbonyl (C=O) groups is 3. The van der Waals surface area contributed by atoms with Gasteiger partial charge in [-0.2, -0.15) is 18.2 Å². The van der Waals surface area contributed by atoms with E-state index in [9.17, 15) is 36.0 Å². The smallest absolute Gasteiger partial charge is 0.416 e. The van der Waals surface area contributed by atoms with Gasteiger partial charge in [0.2, 0.25) is 27.4 Å². The minimum absolute atomic E-state index is 0.0311.